The minimum absolute atomic E-state index is 0.107. The quantitative estimate of drug-likeness (QED) is 0.686. The minimum atomic E-state index is -0.213. The summed E-state index contributed by atoms with van der Waals surface area (Å²) in [6.45, 7) is 3.96. The molecule has 1 N–H and O–H groups in total. The fraction of sp³-hybridized carbons (Fsp3) is 0.600. The summed E-state index contributed by atoms with van der Waals surface area (Å²) in [6.07, 6.45) is 5.79. The molecule has 0 amide bonds. The molecule has 0 aromatic heterocycles. The molecule has 0 bridgehead atoms. The van der Waals surface area contributed by atoms with Gasteiger partial charge in [0.25, 0.3) is 0 Å². The molecule has 1 aliphatic carbocycles. The summed E-state index contributed by atoms with van der Waals surface area (Å²) in [4.78, 5) is 15.6. The Balaban J connectivity index is 2.09. The Kier molecular flexibility index (Phi) is 1.75. The summed E-state index contributed by atoms with van der Waals surface area (Å²) in [5.41, 5.74) is 0.898. The molecule has 2 rings (SSSR count). The van der Waals surface area contributed by atoms with Crippen LogP contribution in [0.3, 0.4) is 0 Å². The van der Waals surface area contributed by atoms with E-state index in [1.54, 1.807) is 12.3 Å². The molecular formula is C10H14N2O. The standard InChI is InChI=1S/C10H14N2O/c1-7-9(13)8(3-6-11-7)12-10(2)4-5-10/h3,6-7,12H,4-5H2,1-2H3. The predicted molar refractivity (Wildman–Crippen MR) is 51.8 cm³/mol. The summed E-state index contributed by atoms with van der Waals surface area (Å²) in [6, 6.07) is -0.213. The maximum atomic E-state index is 11.6. The first-order valence-corrected chi connectivity index (χ1v) is 4.67. The number of hydrogen-bond donors (Lipinski definition) is 1. The number of nitrogens with one attached hydrogen (secondary N) is 1. The fourth-order valence-electron chi connectivity index (χ4n) is 1.36. The molecule has 1 unspecified atom stereocenters. The highest BCUT2D eigenvalue weighted by molar-refractivity contribution is 6.04. The predicted octanol–water partition coefficient (Wildman–Crippen LogP) is 1.05. The zero-order chi connectivity index (χ0) is 9.47. The second-order valence-corrected chi connectivity index (χ2v) is 4.10. The van der Waals surface area contributed by atoms with E-state index in [1.807, 2.05) is 6.92 Å². The van der Waals surface area contributed by atoms with Crippen LogP contribution in [0.2, 0.25) is 0 Å². The zero-order valence-corrected chi connectivity index (χ0v) is 8.00. The van der Waals surface area contributed by atoms with E-state index >= 15 is 0 Å². The number of carbonyl (C=O) groups excluding carboxylic acids is 1. The van der Waals surface area contributed by atoms with Crippen LogP contribution < -0.4 is 5.32 Å². The van der Waals surface area contributed by atoms with Gasteiger partial charge in [-0.15, -0.1) is 0 Å². The van der Waals surface area contributed by atoms with Gasteiger partial charge >= 0.3 is 0 Å². The number of rotatable bonds is 2. The molecule has 0 aromatic rings. The molecule has 3 heteroatoms. The number of hydrogen-bond acceptors (Lipinski definition) is 3. The van der Waals surface area contributed by atoms with Gasteiger partial charge < -0.3 is 5.32 Å². The van der Waals surface area contributed by atoms with Crippen molar-refractivity contribution in [1.82, 2.24) is 5.32 Å². The molecule has 1 atom stereocenters. The molecule has 0 aromatic carbocycles. The fourth-order valence-corrected chi connectivity index (χ4v) is 1.36. The first-order valence-electron chi connectivity index (χ1n) is 4.67. The van der Waals surface area contributed by atoms with E-state index in [4.69, 9.17) is 0 Å². The first-order chi connectivity index (χ1) is 6.11. The van der Waals surface area contributed by atoms with E-state index in [1.165, 1.54) is 0 Å². The van der Waals surface area contributed by atoms with Crippen molar-refractivity contribution in [3.05, 3.63) is 11.8 Å². The molecular weight excluding hydrogens is 164 g/mol. The van der Waals surface area contributed by atoms with Gasteiger partial charge in [-0.1, -0.05) is 0 Å². The number of allylic oxidation sites excluding steroid dienone is 1. The Hall–Kier alpha value is -1.12. The highest BCUT2D eigenvalue weighted by Gasteiger charge is 2.39. The van der Waals surface area contributed by atoms with Gasteiger partial charge in [-0.2, -0.15) is 0 Å². The van der Waals surface area contributed by atoms with Crippen molar-refractivity contribution < 1.29 is 4.79 Å². The van der Waals surface area contributed by atoms with E-state index in [-0.39, 0.29) is 17.4 Å². The van der Waals surface area contributed by atoms with Gasteiger partial charge in [-0.25, -0.2) is 0 Å². The summed E-state index contributed by atoms with van der Waals surface area (Å²) >= 11 is 0. The van der Waals surface area contributed by atoms with Crippen molar-refractivity contribution in [3.8, 4) is 0 Å². The Morgan fingerprint density at radius 2 is 2.31 bits per heavy atom. The van der Waals surface area contributed by atoms with E-state index in [2.05, 4.69) is 17.2 Å². The number of carbonyl (C=O) groups is 1. The van der Waals surface area contributed by atoms with Crippen LogP contribution in [0.4, 0.5) is 0 Å². The molecule has 0 spiro atoms. The van der Waals surface area contributed by atoms with E-state index in [9.17, 15) is 4.79 Å². The van der Waals surface area contributed by atoms with Crippen LogP contribution in [0.25, 0.3) is 0 Å². The van der Waals surface area contributed by atoms with Crippen molar-refractivity contribution in [2.75, 3.05) is 0 Å². The summed E-state index contributed by atoms with van der Waals surface area (Å²) < 4.78 is 0. The highest BCUT2D eigenvalue weighted by atomic mass is 16.1. The van der Waals surface area contributed by atoms with Crippen LogP contribution >= 0.6 is 0 Å². The monoisotopic (exact) mass is 178 g/mol. The molecule has 1 fully saturated rings. The van der Waals surface area contributed by atoms with Crippen molar-refractivity contribution >= 4 is 12.0 Å². The van der Waals surface area contributed by atoms with Gasteiger partial charge in [0.2, 0.25) is 5.78 Å². The molecule has 1 aliphatic heterocycles. The lowest BCUT2D eigenvalue weighted by Crippen LogP contribution is -2.35. The lowest BCUT2D eigenvalue weighted by Gasteiger charge is -2.19. The molecule has 13 heavy (non-hydrogen) atoms. The van der Waals surface area contributed by atoms with Crippen LogP contribution in [0.5, 0.6) is 0 Å². The van der Waals surface area contributed by atoms with Crippen LogP contribution in [0, 0.1) is 0 Å². The maximum absolute atomic E-state index is 11.6. The van der Waals surface area contributed by atoms with E-state index in [0.717, 1.165) is 18.5 Å². The molecule has 0 saturated heterocycles. The normalized spacial score (nSPS) is 29.8. The van der Waals surface area contributed by atoms with Crippen molar-refractivity contribution in [3.63, 3.8) is 0 Å². The topological polar surface area (TPSA) is 41.5 Å². The number of nitrogens with zero attached hydrogens (tertiary/aromatic N) is 1. The molecule has 3 nitrogen and oxygen atoms in total. The van der Waals surface area contributed by atoms with E-state index < -0.39 is 0 Å². The molecule has 0 radical (unpaired) electrons. The van der Waals surface area contributed by atoms with Crippen molar-refractivity contribution in [1.29, 1.82) is 0 Å². The van der Waals surface area contributed by atoms with Gasteiger partial charge in [-0.05, 0) is 32.8 Å². The number of dihydropyridines is 1. The molecule has 1 saturated carbocycles. The van der Waals surface area contributed by atoms with Gasteiger partial charge in [-0.3, -0.25) is 9.79 Å². The largest absolute Gasteiger partial charge is 0.377 e. The third kappa shape index (κ3) is 1.64. The van der Waals surface area contributed by atoms with Gasteiger partial charge in [0.05, 0.1) is 5.70 Å². The third-order valence-electron chi connectivity index (χ3n) is 2.63. The third-order valence-corrected chi connectivity index (χ3v) is 2.63. The Morgan fingerprint density at radius 3 is 2.92 bits per heavy atom. The summed E-state index contributed by atoms with van der Waals surface area (Å²) in [5, 5.41) is 3.27. The summed E-state index contributed by atoms with van der Waals surface area (Å²) in [5.74, 6) is 0.107. The summed E-state index contributed by atoms with van der Waals surface area (Å²) in [7, 11) is 0. The Morgan fingerprint density at radius 1 is 1.62 bits per heavy atom. The van der Waals surface area contributed by atoms with Crippen LogP contribution in [-0.2, 0) is 4.79 Å². The zero-order valence-electron chi connectivity index (χ0n) is 8.00. The second-order valence-electron chi connectivity index (χ2n) is 4.10. The minimum Gasteiger partial charge on any atom is -0.377 e. The van der Waals surface area contributed by atoms with Crippen LogP contribution in [0.1, 0.15) is 26.7 Å². The Bertz CT molecular complexity index is 300. The smallest absolute Gasteiger partial charge is 0.202 e. The van der Waals surface area contributed by atoms with Gasteiger partial charge in [0, 0.05) is 11.8 Å². The Labute approximate surface area is 77.9 Å². The SMILES string of the molecule is CC1N=CC=C(NC2(C)CC2)C1=O. The van der Waals surface area contributed by atoms with Crippen LogP contribution in [0.15, 0.2) is 16.8 Å². The maximum Gasteiger partial charge on any atom is 0.202 e. The lowest BCUT2D eigenvalue weighted by molar-refractivity contribution is -0.116. The number of aliphatic imine (C=N–C) groups is 1. The number of ketones is 1. The lowest BCUT2D eigenvalue weighted by atomic mass is 10.1. The molecule has 2 aliphatic rings. The van der Waals surface area contributed by atoms with Crippen molar-refractivity contribution in [2.24, 2.45) is 4.99 Å². The van der Waals surface area contributed by atoms with E-state index in [0.29, 0.717) is 0 Å². The van der Waals surface area contributed by atoms with Gasteiger partial charge in [0.15, 0.2) is 0 Å². The molecule has 70 valence electrons. The second kappa shape index (κ2) is 2.69. The van der Waals surface area contributed by atoms with Crippen LogP contribution in [-0.4, -0.2) is 23.6 Å². The average molecular weight is 178 g/mol. The molecule has 1 heterocycles. The first kappa shape index (κ1) is 8.48. The van der Waals surface area contributed by atoms with Crippen molar-refractivity contribution in [2.45, 2.75) is 38.3 Å². The van der Waals surface area contributed by atoms with Gasteiger partial charge in [0.1, 0.15) is 6.04 Å². The number of Topliss-reactive ketones (excluding diaryl/α,β-unsaturated/α-hetero) is 1. The highest BCUT2D eigenvalue weighted by Crippen LogP contribution is 2.35. The average Bonchev–Trinajstić information content (AvgIpc) is 2.78.